The highest BCUT2D eigenvalue weighted by molar-refractivity contribution is 6.09. The van der Waals surface area contributed by atoms with Crippen molar-refractivity contribution in [2.24, 2.45) is 0 Å². The summed E-state index contributed by atoms with van der Waals surface area (Å²) in [4.78, 5) is 35.3. The fourth-order valence-corrected chi connectivity index (χ4v) is 4.82. The van der Waals surface area contributed by atoms with Gasteiger partial charge in [0.25, 0.3) is 5.91 Å². The molecule has 0 bridgehead atoms. The average molecular weight is 437 g/mol. The number of Topliss-reactive ketones (excluding diaryl/α,β-unsaturated/α-hetero) is 1. The maximum absolute atomic E-state index is 13.5. The van der Waals surface area contributed by atoms with E-state index in [1.54, 1.807) is 36.9 Å². The van der Waals surface area contributed by atoms with Gasteiger partial charge in [0.2, 0.25) is 0 Å². The SMILES string of the molecule is CC1=C(C(=O)Nc2cccnc2)C(c2cccnc2)C2=C(CC(c3ccccc3)CC2=O)N1. The number of benzene rings is 1. The van der Waals surface area contributed by atoms with E-state index < -0.39 is 5.92 Å². The van der Waals surface area contributed by atoms with Crippen LogP contribution >= 0.6 is 0 Å². The first kappa shape index (κ1) is 20.8. The zero-order valence-corrected chi connectivity index (χ0v) is 18.3. The Kier molecular flexibility index (Phi) is 5.57. The molecule has 3 aromatic rings. The predicted molar refractivity (Wildman–Crippen MR) is 126 cm³/mol. The summed E-state index contributed by atoms with van der Waals surface area (Å²) in [6, 6.07) is 17.4. The molecule has 0 fully saturated rings. The van der Waals surface area contributed by atoms with Gasteiger partial charge in [-0.3, -0.25) is 19.6 Å². The van der Waals surface area contributed by atoms with E-state index in [0.29, 0.717) is 23.3 Å². The Morgan fingerprint density at radius 2 is 1.67 bits per heavy atom. The topological polar surface area (TPSA) is 84.0 Å². The monoisotopic (exact) mass is 436 g/mol. The van der Waals surface area contributed by atoms with Crippen LogP contribution in [0.2, 0.25) is 0 Å². The van der Waals surface area contributed by atoms with Gasteiger partial charge in [-0.05, 0) is 48.6 Å². The van der Waals surface area contributed by atoms with Crippen molar-refractivity contribution in [1.82, 2.24) is 15.3 Å². The number of anilines is 1. The molecule has 2 unspecified atom stereocenters. The fraction of sp³-hybridized carbons (Fsp3) is 0.185. The van der Waals surface area contributed by atoms with E-state index in [-0.39, 0.29) is 17.6 Å². The zero-order chi connectivity index (χ0) is 22.8. The van der Waals surface area contributed by atoms with E-state index in [1.807, 2.05) is 37.3 Å². The van der Waals surface area contributed by atoms with Crippen LogP contribution in [0.5, 0.6) is 0 Å². The molecular formula is C27H24N4O2. The second-order valence-electron chi connectivity index (χ2n) is 8.41. The number of hydrogen-bond donors (Lipinski definition) is 2. The third-order valence-corrected chi connectivity index (χ3v) is 6.28. The van der Waals surface area contributed by atoms with Gasteiger partial charge < -0.3 is 10.6 Å². The van der Waals surface area contributed by atoms with Crippen LogP contribution in [0.4, 0.5) is 5.69 Å². The maximum Gasteiger partial charge on any atom is 0.254 e. The maximum atomic E-state index is 13.5. The summed E-state index contributed by atoms with van der Waals surface area (Å²) in [6.07, 6.45) is 7.82. The standard InChI is InChI=1S/C27H24N4O2/c1-17-24(27(33)31-21-10-6-12-29-16-21)25(19-9-5-11-28-15-19)26-22(30-17)13-20(14-23(26)32)18-7-3-2-4-8-18/h2-12,15-16,20,25,30H,13-14H2,1H3,(H,31,33). The number of nitrogens with one attached hydrogen (secondary N) is 2. The van der Waals surface area contributed by atoms with Gasteiger partial charge in [0.1, 0.15) is 0 Å². The number of carbonyl (C=O) groups excluding carboxylic acids is 2. The van der Waals surface area contributed by atoms with Gasteiger partial charge in [-0.15, -0.1) is 0 Å². The minimum Gasteiger partial charge on any atom is -0.362 e. The lowest BCUT2D eigenvalue weighted by molar-refractivity contribution is -0.116. The van der Waals surface area contributed by atoms with Crippen LogP contribution in [0.25, 0.3) is 0 Å². The number of pyridine rings is 2. The second-order valence-corrected chi connectivity index (χ2v) is 8.41. The highest BCUT2D eigenvalue weighted by Crippen LogP contribution is 2.45. The minimum atomic E-state index is -0.476. The first-order valence-corrected chi connectivity index (χ1v) is 11.0. The van der Waals surface area contributed by atoms with Crippen molar-refractivity contribution in [3.8, 4) is 0 Å². The van der Waals surface area contributed by atoms with Crippen molar-refractivity contribution in [2.45, 2.75) is 31.6 Å². The van der Waals surface area contributed by atoms with E-state index in [2.05, 4.69) is 32.7 Å². The molecule has 0 saturated carbocycles. The van der Waals surface area contributed by atoms with Gasteiger partial charge in [0, 0.05) is 53.5 Å². The second kappa shape index (κ2) is 8.82. The van der Waals surface area contributed by atoms with Gasteiger partial charge in [-0.1, -0.05) is 36.4 Å². The summed E-state index contributed by atoms with van der Waals surface area (Å²) in [5.74, 6) is -0.564. The largest absolute Gasteiger partial charge is 0.362 e. The van der Waals surface area contributed by atoms with Gasteiger partial charge in [0.15, 0.2) is 5.78 Å². The van der Waals surface area contributed by atoms with E-state index in [1.165, 1.54) is 0 Å². The van der Waals surface area contributed by atoms with E-state index in [9.17, 15) is 9.59 Å². The van der Waals surface area contributed by atoms with Gasteiger partial charge in [0.05, 0.1) is 11.9 Å². The minimum absolute atomic E-state index is 0.0608. The number of rotatable bonds is 4. The Labute approximate surface area is 192 Å². The summed E-state index contributed by atoms with van der Waals surface area (Å²) >= 11 is 0. The number of aromatic nitrogens is 2. The predicted octanol–water partition coefficient (Wildman–Crippen LogP) is 4.48. The Hall–Kier alpha value is -4.06. The number of hydrogen-bond acceptors (Lipinski definition) is 5. The number of allylic oxidation sites excluding steroid dienone is 3. The lowest BCUT2D eigenvalue weighted by Crippen LogP contribution is -2.37. The van der Waals surface area contributed by atoms with Crippen molar-refractivity contribution in [1.29, 1.82) is 0 Å². The van der Waals surface area contributed by atoms with Crippen molar-refractivity contribution < 1.29 is 9.59 Å². The number of amides is 1. The summed E-state index contributed by atoms with van der Waals surface area (Å²) < 4.78 is 0. The number of ketones is 1. The summed E-state index contributed by atoms with van der Waals surface area (Å²) in [5, 5.41) is 6.34. The molecule has 1 aliphatic heterocycles. The van der Waals surface area contributed by atoms with Gasteiger partial charge in [-0.25, -0.2) is 0 Å². The molecule has 1 amide bonds. The first-order chi connectivity index (χ1) is 16.1. The molecular weight excluding hydrogens is 412 g/mol. The van der Waals surface area contributed by atoms with E-state index >= 15 is 0 Å². The number of dihydropyridines is 1. The number of nitrogens with zero attached hydrogens (tertiary/aromatic N) is 2. The van der Waals surface area contributed by atoms with Crippen molar-refractivity contribution in [3.05, 3.63) is 113 Å². The molecule has 164 valence electrons. The average Bonchev–Trinajstić information content (AvgIpc) is 2.84. The highest BCUT2D eigenvalue weighted by atomic mass is 16.2. The van der Waals surface area contributed by atoms with Crippen LogP contribution in [-0.2, 0) is 9.59 Å². The van der Waals surface area contributed by atoms with Crippen molar-refractivity contribution in [2.75, 3.05) is 5.32 Å². The van der Waals surface area contributed by atoms with Crippen LogP contribution < -0.4 is 10.6 Å². The van der Waals surface area contributed by atoms with E-state index in [0.717, 1.165) is 28.9 Å². The molecule has 2 atom stereocenters. The van der Waals surface area contributed by atoms with Gasteiger partial charge in [-0.2, -0.15) is 0 Å². The number of carbonyl (C=O) groups is 2. The smallest absolute Gasteiger partial charge is 0.254 e. The molecule has 2 aliphatic rings. The van der Waals surface area contributed by atoms with Crippen LogP contribution in [0, 0.1) is 0 Å². The molecule has 33 heavy (non-hydrogen) atoms. The van der Waals surface area contributed by atoms with Crippen LogP contribution in [0.15, 0.2) is 102 Å². The lowest BCUT2D eigenvalue weighted by atomic mass is 9.72. The molecule has 1 aliphatic carbocycles. The first-order valence-electron chi connectivity index (χ1n) is 11.0. The molecule has 2 N–H and O–H groups in total. The molecule has 0 spiro atoms. The summed E-state index contributed by atoms with van der Waals surface area (Å²) in [7, 11) is 0. The fourth-order valence-electron chi connectivity index (χ4n) is 4.82. The normalized spacial score (nSPS) is 20.2. The summed E-state index contributed by atoms with van der Waals surface area (Å²) in [6.45, 7) is 1.89. The molecule has 3 heterocycles. The Morgan fingerprint density at radius 3 is 2.36 bits per heavy atom. The highest BCUT2D eigenvalue weighted by Gasteiger charge is 2.40. The molecule has 1 aromatic carbocycles. The zero-order valence-electron chi connectivity index (χ0n) is 18.3. The lowest BCUT2D eigenvalue weighted by Gasteiger charge is -2.37. The Balaban J connectivity index is 1.55. The molecule has 0 saturated heterocycles. The Morgan fingerprint density at radius 1 is 0.939 bits per heavy atom. The van der Waals surface area contributed by atoms with Crippen LogP contribution in [-0.4, -0.2) is 21.7 Å². The Bertz CT molecular complexity index is 1250. The molecule has 2 aromatic heterocycles. The van der Waals surface area contributed by atoms with Gasteiger partial charge >= 0.3 is 0 Å². The molecule has 5 rings (SSSR count). The van der Waals surface area contributed by atoms with Crippen LogP contribution in [0.3, 0.4) is 0 Å². The molecule has 0 radical (unpaired) electrons. The van der Waals surface area contributed by atoms with Crippen LogP contribution in [0.1, 0.15) is 42.7 Å². The third-order valence-electron chi connectivity index (χ3n) is 6.28. The van der Waals surface area contributed by atoms with Crippen molar-refractivity contribution >= 4 is 17.4 Å². The molecule has 6 heteroatoms. The van der Waals surface area contributed by atoms with Crippen molar-refractivity contribution in [3.63, 3.8) is 0 Å². The molecule has 6 nitrogen and oxygen atoms in total. The third kappa shape index (κ3) is 4.07. The quantitative estimate of drug-likeness (QED) is 0.630. The van der Waals surface area contributed by atoms with E-state index in [4.69, 9.17) is 0 Å². The summed E-state index contributed by atoms with van der Waals surface area (Å²) in [5.41, 5.74) is 5.41.